The molecule has 0 radical (unpaired) electrons. The number of aryl methyl sites for hydroxylation is 1. The minimum Gasteiger partial charge on any atom is -0.464 e. The second-order valence-electron chi connectivity index (χ2n) is 3.85. The van der Waals surface area contributed by atoms with Crippen LogP contribution in [0.1, 0.15) is 17.2 Å². The van der Waals surface area contributed by atoms with E-state index in [1.54, 1.807) is 18.0 Å². The van der Waals surface area contributed by atoms with E-state index >= 15 is 0 Å². The average Bonchev–Trinajstić information content (AvgIpc) is 2.90. The molecule has 0 atom stereocenters. The fourth-order valence-corrected chi connectivity index (χ4v) is 2.07. The first kappa shape index (κ1) is 12.3. The molecule has 0 spiro atoms. The van der Waals surface area contributed by atoms with Crippen molar-refractivity contribution in [1.29, 1.82) is 0 Å². The maximum Gasteiger partial charge on any atom is 0.118 e. The van der Waals surface area contributed by atoms with Gasteiger partial charge in [0, 0.05) is 19.8 Å². The highest BCUT2D eigenvalue weighted by Gasteiger charge is 2.02. The van der Waals surface area contributed by atoms with Crippen molar-refractivity contribution in [2.75, 3.05) is 6.26 Å². The zero-order valence-corrected chi connectivity index (χ0v) is 11.0. The van der Waals surface area contributed by atoms with Crippen molar-refractivity contribution in [2.24, 2.45) is 7.05 Å². The van der Waals surface area contributed by atoms with Crippen molar-refractivity contribution >= 4 is 11.8 Å². The zero-order valence-electron chi connectivity index (χ0n) is 10.1. The Labute approximate surface area is 105 Å². The highest BCUT2D eigenvalue weighted by atomic mass is 32.2. The van der Waals surface area contributed by atoms with Crippen LogP contribution in [-0.2, 0) is 25.9 Å². The minimum absolute atomic E-state index is 0.750. The Hall–Kier alpha value is -1.20. The second-order valence-corrected chi connectivity index (χ2v) is 4.72. The third-order valence-corrected chi connectivity index (χ3v) is 3.10. The van der Waals surface area contributed by atoms with Gasteiger partial charge in [0.1, 0.15) is 11.5 Å². The number of hydrogen-bond acceptors (Lipinski definition) is 4. The minimum atomic E-state index is 0.750. The number of rotatable bonds is 6. The van der Waals surface area contributed by atoms with Crippen LogP contribution in [-0.4, -0.2) is 16.0 Å². The molecule has 2 heterocycles. The average molecular weight is 251 g/mol. The molecule has 0 amide bonds. The van der Waals surface area contributed by atoms with Crippen LogP contribution in [0.15, 0.2) is 28.8 Å². The van der Waals surface area contributed by atoms with Crippen LogP contribution < -0.4 is 5.32 Å². The van der Waals surface area contributed by atoms with Gasteiger partial charge < -0.3 is 9.73 Å². The first-order valence-corrected chi connectivity index (χ1v) is 6.93. The van der Waals surface area contributed by atoms with Gasteiger partial charge in [-0.05, 0) is 24.5 Å². The quantitative estimate of drug-likeness (QED) is 0.854. The van der Waals surface area contributed by atoms with Gasteiger partial charge in [0.15, 0.2) is 0 Å². The summed E-state index contributed by atoms with van der Waals surface area (Å²) in [5.74, 6) is 2.95. The molecule has 2 aromatic heterocycles. The van der Waals surface area contributed by atoms with E-state index in [1.165, 1.54) is 5.69 Å². The van der Waals surface area contributed by atoms with Gasteiger partial charge in [0.2, 0.25) is 0 Å². The van der Waals surface area contributed by atoms with Crippen LogP contribution in [0.3, 0.4) is 0 Å². The Balaban J connectivity index is 1.80. The Kier molecular flexibility index (Phi) is 4.28. The lowest BCUT2D eigenvalue weighted by atomic mass is 10.4. The number of nitrogens with one attached hydrogen (secondary N) is 1. The molecular formula is C12H17N3OS. The van der Waals surface area contributed by atoms with Crippen LogP contribution in [0, 0.1) is 0 Å². The summed E-state index contributed by atoms with van der Waals surface area (Å²) in [7, 11) is 1.94. The molecule has 0 unspecified atom stereocenters. The van der Waals surface area contributed by atoms with Crippen molar-refractivity contribution in [3.63, 3.8) is 0 Å². The molecule has 0 aliphatic heterocycles. The molecule has 0 aromatic carbocycles. The molecular weight excluding hydrogens is 234 g/mol. The standard InChI is InChI=1S/C12H17N3OS/c1-15-10(5-6-14-15)7-13-8-11-3-4-12(16-11)9-17-2/h3-6,13H,7-9H2,1-2H3. The smallest absolute Gasteiger partial charge is 0.118 e. The predicted octanol–water partition coefficient (Wildman–Crippen LogP) is 2.17. The number of hydrogen-bond donors (Lipinski definition) is 1. The molecule has 0 fully saturated rings. The van der Waals surface area contributed by atoms with Crippen molar-refractivity contribution in [3.8, 4) is 0 Å². The van der Waals surface area contributed by atoms with E-state index in [0.29, 0.717) is 0 Å². The molecule has 1 N–H and O–H groups in total. The molecule has 2 aromatic rings. The zero-order chi connectivity index (χ0) is 12.1. The molecule has 0 aliphatic rings. The maximum absolute atomic E-state index is 5.67. The van der Waals surface area contributed by atoms with Crippen molar-refractivity contribution < 1.29 is 4.42 Å². The third kappa shape index (κ3) is 3.38. The normalized spacial score (nSPS) is 10.9. The lowest BCUT2D eigenvalue weighted by Crippen LogP contribution is -2.14. The third-order valence-electron chi connectivity index (χ3n) is 2.53. The lowest BCUT2D eigenvalue weighted by Gasteiger charge is -2.03. The SMILES string of the molecule is CSCc1ccc(CNCc2ccnn2C)o1. The van der Waals surface area contributed by atoms with E-state index in [4.69, 9.17) is 4.42 Å². The predicted molar refractivity (Wildman–Crippen MR) is 69.7 cm³/mol. The van der Waals surface area contributed by atoms with Crippen LogP contribution in [0.5, 0.6) is 0 Å². The van der Waals surface area contributed by atoms with Gasteiger partial charge in [-0.25, -0.2) is 0 Å². The molecule has 4 nitrogen and oxygen atoms in total. The summed E-state index contributed by atoms with van der Waals surface area (Å²) < 4.78 is 7.54. The van der Waals surface area contributed by atoms with E-state index in [-0.39, 0.29) is 0 Å². The molecule has 0 aliphatic carbocycles. The van der Waals surface area contributed by atoms with Gasteiger partial charge in [0.05, 0.1) is 18.0 Å². The highest BCUT2D eigenvalue weighted by molar-refractivity contribution is 7.97. The van der Waals surface area contributed by atoms with E-state index in [9.17, 15) is 0 Å². The number of nitrogens with zero attached hydrogens (tertiary/aromatic N) is 2. The van der Waals surface area contributed by atoms with E-state index in [1.807, 2.05) is 29.9 Å². The molecule has 0 saturated heterocycles. The highest BCUT2D eigenvalue weighted by Crippen LogP contribution is 2.13. The van der Waals surface area contributed by atoms with Crippen LogP contribution in [0.25, 0.3) is 0 Å². The molecule has 2 rings (SSSR count). The van der Waals surface area contributed by atoms with E-state index in [0.717, 1.165) is 30.4 Å². The molecule has 5 heteroatoms. The number of furan rings is 1. The first-order valence-electron chi connectivity index (χ1n) is 5.53. The van der Waals surface area contributed by atoms with Crippen LogP contribution in [0.4, 0.5) is 0 Å². The Morgan fingerprint density at radius 2 is 2.12 bits per heavy atom. The summed E-state index contributed by atoms with van der Waals surface area (Å²) in [5, 5.41) is 7.46. The Morgan fingerprint density at radius 1 is 1.29 bits per heavy atom. The number of aromatic nitrogens is 2. The molecule has 0 saturated carbocycles. The van der Waals surface area contributed by atoms with Crippen molar-refractivity contribution in [3.05, 3.63) is 41.6 Å². The molecule has 0 bridgehead atoms. The van der Waals surface area contributed by atoms with Gasteiger partial charge in [-0.2, -0.15) is 16.9 Å². The van der Waals surface area contributed by atoms with Crippen molar-refractivity contribution in [1.82, 2.24) is 15.1 Å². The molecule has 17 heavy (non-hydrogen) atoms. The van der Waals surface area contributed by atoms with Gasteiger partial charge >= 0.3 is 0 Å². The Morgan fingerprint density at radius 3 is 2.82 bits per heavy atom. The maximum atomic E-state index is 5.67. The second kappa shape index (κ2) is 5.93. The largest absolute Gasteiger partial charge is 0.464 e. The van der Waals surface area contributed by atoms with Crippen LogP contribution >= 0.6 is 11.8 Å². The lowest BCUT2D eigenvalue weighted by molar-refractivity contribution is 0.456. The number of thioether (sulfide) groups is 1. The summed E-state index contributed by atoms with van der Waals surface area (Å²) in [6.07, 6.45) is 3.88. The summed E-state index contributed by atoms with van der Waals surface area (Å²) in [6.45, 7) is 1.55. The topological polar surface area (TPSA) is 43.0 Å². The van der Waals surface area contributed by atoms with Crippen molar-refractivity contribution in [2.45, 2.75) is 18.8 Å². The Bertz CT molecular complexity index is 464. The van der Waals surface area contributed by atoms with Gasteiger partial charge in [-0.15, -0.1) is 0 Å². The summed E-state index contributed by atoms with van der Waals surface area (Å²) in [6, 6.07) is 6.08. The summed E-state index contributed by atoms with van der Waals surface area (Å²) in [4.78, 5) is 0. The van der Waals surface area contributed by atoms with E-state index < -0.39 is 0 Å². The van der Waals surface area contributed by atoms with Gasteiger partial charge in [-0.3, -0.25) is 4.68 Å². The van der Waals surface area contributed by atoms with Gasteiger partial charge in [0.25, 0.3) is 0 Å². The van der Waals surface area contributed by atoms with E-state index in [2.05, 4.69) is 16.7 Å². The fourth-order valence-electron chi connectivity index (χ4n) is 1.63. The van der Waals surface area contributed by atoms with Gasteiger partial charge in [-0.1, -0.05) is 0 Å². The van der Waals surface area contributed by atoms with Crippen LogP contribution in [0.2, 0.25) is 0 Å². The molecule has 92 valence electrons. The summed E-state index contributed by atoms with van der Waals surface area (Å²) in [5.41, 5.74) is 1.17. The monoisotopic (exact) mass is 251 g/mol. The fraction of sp³-hybridized carbons (Fsp3) is 0.417. The summed E-state index contributed by atoms with van der Waals surface area (Å²) >= 11 is 1.77. The first-order chi connectivity index (χ1) is 8.29.